The van der Waals surface area contributed by atoms with E-state index in [1.54, 1.807) is 11.1 Å². The summed E-state index contributed by atoms with van der Waals surface area (Å²) in [7, 11) is 0. The second-order valence-electron chi connectivity index (χ2n) is 7.02. The van der Waals surface area contributed by atoms with Crippen LogP contribution in [0, 0.1) is 12.7 Å². The third kappa shape index (κ3) is 3.05. The Morgan fingerprint density at radius 1 is 1.29 bits per heavy atom. The van der Waals surface area contributed by atoms with Gasteiger partial charge in [0.15, 0.2) is 0 Å². The predicted octanol–water partition coefficient (Wildman–Crippen LogP) is 4.12. The summed E-state index contributed by atoms with van der Waals surface area (Å²) in [5.74, 6) is -0.0915. The van der Waals surface area contributed by atoms with E-state index < -0.39 is 5.82 Å². The zero-order valence-corrected chi connectivity index (χ0v) is 16.5. The van der Waals surface area contributed by atoms with Crippen molar-refractivity contribution < 1.29 is 9.18 Å². The van der Waals surface area contributed by atoms with Crippen LogP contribution >= 0.6 is 11.6 Å². The molecule has 1 N–H and O–H groups in total. The number of aryl methyl sites for hydroxylation is 1. The summed E-state index contributed by atoms with van der Waals surface area (Å²) in [6, 6.07) is 5.31. The van der Waals surface area contributed by atoms with Gasteiger partial charge in [0.1, 0.15) is 11.6 Å². The molecule has 28 heavy (non-hydrogen) atoms. The normalized spacial score (nSPS) is 18.8. The van der Waals surface area contributed by atoms with Crippen LogP contribution in [-0.4, -0.2) is 37.0 Å². The van der Waals surface area contributed by atoms with E-state index in [-0.39, 0.29) is 28.6 Å². The quantitative estimate of drug-likeness (QED) is 0.703. The highest BCUT2D eigenvalue weighted by atomic mass is 35.5. The molecule has 1 aromatic carbocycles. The van der Waals surface area contributed by atoms with Gasteiger partial charge in [-0.3, -0.25) is 9.89 Å². The number of carbonyl (C=O) groups is 1. The van der Waals surface area contributed by atoms with Gasteiger partial charge in [0.25, 0.3) is 5.91 Å². The number of halogens is 2. The number of rotatable bonds is 2. The Bertz CT molecular complexity index is 1050. The van der Waals surface area contributed by atoms with Gasteiger partial charge in [-0.15, -0.1) is 0 Å². The fourth-order valence-corrected chi connectivity index (χ4v) is 4.11. The number of amides is 1. The van der Waals surface area contributed by atoms with Crippen LogP contribution in [0.15, 0.2) is 30.5 Å². The minimum atomic E-state index is -0.473. The lowest BCUT2D eigenvalue weighted by atomic mass is 9.90. The van der Waals surface area contributed by atoms with E-state index in [1.165, 1.54) is 12.1 Å². The maximum Gasteiger partial charge on any atom is 0.256 e. The van der Waals surface area contributed by atoms with Crippen LogP contribution in [0.4, 0.5) is 4.39 Å². The molecule has 1 aliphatic rings. The Labute approximate surface area is 166 Å². The first-order valence-corrected chi connectivity index (χ1v) is 9.39. The van der Waals surface area contributed by atoms with Crippen LogP contribution in [0.5, 0.6) is 0 Å². The van der Waals surface area contributed by atoms with E-state index >= 15 is 0 Å². The molecule has 0 radical (unpaired) electrons. The van der Waals surface area contributed by atoms with Crippen molar-refractivity contribution in [1.82, 2.24) is 25.1 Å². The molecular formula is C20H19ClFN5O. The fraction of sp³-hybridized carbons (Fsp3) is 0.300. The minimum Gasteiger partial charge on any atom is -0.327 e. The van der Waals surface area contributed by atoms with Crippen molar-refractivity contribution in [3.63, 3.8) is 0 Å². The van der Waals surface area contributed by atoms with Gasteiger partial charge in [-0.25, -0.2) is 14.4 Å². The Hall–Kier alpha value is -2.80. The molecular weight excluding hydrogens is 381 g/mol. The van der Waals surface area contributed by atoms with Crippen LogP contribution in [0.3, 0.4) is 0 Å². The summed E-state index contributed by atoms with van der Waals surface area (Å²) in [6.45, 7) is 5.74. The first kappa shape index (κ1) is 18.6. The van der Waals surface area contributed by atoms with E-state index in [1.807, 2.05) is 26.8 Å². The molecule has 0 saturated carbocycles. The number of aromatic nitrogens is 4. The number of H-pyrrole nitrogens is 1. The molecule has 2 atom stereocenters. The van der Waals surface area contributed by atoms with Gasteiger partial charge in [0, 0.05) is 17.8 Å². The lowest BCUT2D eigenvalue weighted by Crippen LogP contribution is -2.46. The van der Waals surface area contributed by atoms with Crippen LogP contribution in [-0.2, 0) is 6.42 Å². The third-order valence-corrected chi connectivity index (χ3v) is 5.40. The highest BCUT2D eigenvalue weighted by Gasteiger charge is 2.37. The number of hydrogen-bond donors (Lipinski definition) is 1. The average Bonchev–Trinajstić information content (AvgIpc) is 3.16. The molecule has 0 spiro atoms. The molecule has 1 aliphatic heterocycles. The van der Waals surface area contributed by atoms with E-state index in [4.69, 9.17) is 11.6 Å². The number of nitrogens with one attached hydrogen (secondary N) is 1. The van der Waals surface area contributed by atoms with Crippen molar-refractivity contribution >= 4 is 17.5 Å². The highest BCUT2D eigenvalue weighted by molar-refractivity contribution is 6.33. The van der Waals surface area contributed by atoms with E-state index in [9.17, 15) is 9.18 Å². The lowest BCUT2D eigenvalue weighted by Gasteiger charge is -2.40. The van der Waals surface area contributed by atoms with Crippen molar-refractivity contribution in [2.24, 2.45) is 0 Å². The Balaban J connectivity index is 1.78. The summed E-state index contributed by atoms with van der Waals surface area (Å²) in [6.07, 6.45) is 2.28. The molecule has 0 aliphatic carbocycles. The maximum atomic E-state index is 13.4. The molecule has 6 nitrogen and oxygen atoms in total. The van der Waals surface area contributed by atoms with Gasteiger partial charge in [-0.1, -0.05) is 11.6 Å². The van der Waals surface area contributed by atoms with Crippen LogP contribution in [0.2, 0.25) is 5.02 Å². The van der Waals surface area contributed by atoms with E-state index in [0.29, 0.717) is 12.2 Å². The van der Waals surface area contributed by atoms with Gasteiger partial charge in [0.2, 0.25) is 0 Å². The Kier molecular flexibility index (Phi) is 4.63. The van der Waals surface area contributed by atoms with Crippen LogP contribution < -0.4 is 0 Å². The minimum absolute atomic E-state index is 0.104. The van der Waals surface area contributed by atoms with Crippen molar-refractivity contribution in [2.45, 2.75) is 39.3 Å². The third-order valence-electron chi connectivity index (χ3n) is 5.09. The standard InChI is InChI=1S/C20H19ClFN5O/c1-10-8-15-18(24-12(3)25-19(15)17-6-7-23-26-17)11(2)27(10)20(28)14-5-4-13(22)9-16(14)21/h4-7,9-11H,8H2,1-3H3,(H,23,26)/t10-,11+/m1/s1. The molecule has 2 aromatic heterocycles. The second kappa shape index (κ2) is 6.98. The Morgan fingerprint density at radius 3 is 2.75 bits per heavy atom. The smallest absolute Gasteiger partial charge is 0.256 e. The van der Waals surface area contributed by atoms with E-state index in [0.717, 1.165) is 28.7 Å². The van der Waals surface area contributed by atoms with Crippen LogP contribution in [0.1, 0.15) is 47.3 Å². The second-order valence-corrected chi connectivity index (χ2v) is 7.43. The average molecular weight is 400 g/mol. The first-order valence-electron chi connectivity index (χ1n) is 9.01. The molecule has 144 valence electrons. The molecule has 0 saturated heterocycles. The van der Waals surface area contributed by atoms with Crippen LogP contribution in [0.25, 0.3) is 11.4 Å². The SMILES string of the molecule is Cc1nc(-c2ccn[nH]2)c2c(n1)[C@H](C)N(C(=O)c1ccc(F)cc1Cl)[C@H](C)C2. The van der Waals surface area contributed by atoms with Gasteiger partial charge >= 0.3 is 0 Å². The molecule has 0 fully saturated rings. The van der Waals surface area contributed by atoms with Crippen molar-refractivity contribution in [3.8, 4) is 11.4 Å². The molecule has 0 unspecified atom stereocenters. The number of fused-ring (bicyclic) bond motifs is 1. The monoisotopic (exact) mass is 399 g/mol. The lowest BCUT2D eigenvalue weighted by molar-refractivity contribution is 0.0573. The maximum absolute atomic E-state index is 13.4. The van der Waals surface area contributed by atoms with Gasteiger partial charge in [-0.05, 0) is 51.5 Å². The highest BCUT2D eigenvalue weighted by Crippen LogP contribution is 2.37. The molecule has 3 heterocycles. The number of benzene rings is 1. The number of nitrogens with zero attached hydrogens (tertiary/aromatic N) is 4. The summed E-state index contributed by atoms with van der Waals surface area (Å²) in [5, 5.41) is 7.08. The molecule has 4 rings (SSSR count). The number of aromatic amines is 1. The van der Waals surface area contributed by atoms with Crippen molar-refractivity contribution in [3.05, 3.63) is 63.9 Å². The topological polar surface area (TPSA) is 74.8 Å². The first-order chi connectivity index (χ1) is 13.4. The zero-order chi connectivity index (χ0) is 20.0. The molecule has 8 heteroatoms. The molecule has 1 amide bonds. The molecule has 0 bridgehead atoms. The summed E-state index contributed by atoms with van der Waals surface area (Å²) in [5.41, 5.74) is 3.73. The van der Waals surface area contributed by atoms with E-state index in [2.05, 4.69) is 20.2 Å². The largest absolute Gasteiger partial charge is 0.327 e. The summed E-state index contributed by atoms with van der Waals surface area (Å²) < 4.78 is 13.4. The molecule has 3 aromatic rings. The predicted molar refractivity (Wildman–Crippen MR) is 104 cm³/mol. The van der Waals surface area contributed by atoms with Gasteiger partial charge in [-0.2, -0.15) is 5.10 Å². The number of carbonyl (C=O) groups excluding carboxylic acids is 1. The van der Waals surface area contributed by atoms with Crippen molar-refractivity contribution in [1.29, 1.82) is 0 Å². The summed E-state index contributed by atoms with van der Waals surface area (Å²) >= 11 is 6.13. The van der Waals surface area contributed by atoms with Gasteiger partial charge < -0.3 is 4.90 Å². The number of hydrogen-bond acceptors (Lipinski definition) is 4. The zero-order valence-electron chi connectivity index (χ0n) is 15.7. The van der Waals surface area contributed by atoms with Crippen molar-refractivity contribution in [2.75, 3.05) is 0 Å². The Morgan fingerprint density at radius 2 is 2.07 bits per heavy atom. The summed E-state index contributed by atoms with van der Waals surface area (Å²) in [4.78, 5) is 24.2. The fourth-order valence-electron chi connectivity index (χ4n) is 3.86. The van der Waals surface area contributed by atoms with Gasteiger partial charge in [0.05, 0.1) is 33.7 Å².